The van der Waals surface area contributed by atoms with E-state index in [9.17, 15) is 0 Å². The lowest BCUT2D eigenvalue weighted by atomic mass is 9.87. The van der Waals surface area contributed by atoms with Crippen LogP contribution in [0, 0.1) is 34.0 Å². The molecule has 0 radical (unpaired) electrons. The molecule has 1 spiro atoms. The van der Waals surface area contributed by atoms with E-state index in [0.29, 0.717) is 18.3 Å². The molecule has 0 aliphatic carbocycles. The fraction of sp³-hybridized carbons (Fsp3) is 0.846. The van der Waals surface area contributed by atoms with Crippen LogP contribution in [0.2, 0.25) is 0 Å². The molecule has 17 heavy (non-hydrogen) atoms. The zero-order valence-electron chi connectivity index (χ0n) is 10.2. The van der Waals surface area contributed by atoms with Gasteiger partial charge in [-0.1, -0.05) is 0 Å². The normalized spacial score (nSPS) is 30.2. The maximum atomic E-state index is 9.06. The molecular weight excluding hydrogens is 214 g/mol. The van der Waals surface area contributed by atoms with Gasteiger partial charge in [0.1, 0.15) is 0 Å². The highest BCUT2D eigenvalue weighted by Crippen LogP contribution is 2.38. The number of hydrogen-bond donors (Lipinski definition) is 0. The zero-order chi connectivity index (χ0) is 12.1. The molecule has 2 aliphatic heterocycles. The van der Waals surface area contributed by atoms with Crippen LogP contribution in [0.25, 0.3) is 0 Å². The van der Waals surface area contributed by atoms with Crippen LogP contribution in [0.15, 0.2) is 0 Å². The molecule has 2 unspecified atom stereocenters. The quantitative estimate of drug-likeness (QED) is 0.739. The predicted molar refractivity (Wildman–Crippen MR) is 62.9 cm³/mol. The molecule has 92 valence electrons. The first-order valence-electron chi connectivity index (χ1n) is 6.35. The smallest absolute Gasteiger partial charge is 0.0669 e. The lowest BCUT2D eigenvalue weighted by Gasteiger charge is -2.23. The average molecular weight is 233 g/mol. The Morgan fingerprint density at radius 1 is 1.35 bits per heavy atom. The Morgan fingerprint density at radius 2 is 2.24 bits per heavy atom. The molecule has 2 atom stereocenters. The summed E-state index contributed by atoms with van der Waals surface area (Å²) in [4.78, 5) is 2.37. The van der Waals surface area contributed by atoms with Gasteiger partial charge in [0.15, 0.2) is 0 Å². The summed E-state index contributed by atoms with van der Waals surface area (Å²) in [6.45, 7) is 4.74. The van der Waals surface area contributed by atoms with Gasteiger partial charge < -0.3 is 9.64 Å². The van der Waals surface area contributed by atoms with E-state index in [1.54, 1.807) is 0 Å². The van der Waals surface area contributed by atoms with Crippen LogP contribution in [-0.4, -0.2) is 37.7 Å². The molecule has 2 rings (SSSR count). The molecule has 0 bridgehead atoms. The summed E-state index contributed by atoms with van der Waals surface area (Å²) in [6, 6.07) is 4.44. The van der Waals surface area contributed by atoms with Crippen molar-refractivity contribution in [2.24, 2.45) is 11.3 Å². The fourth-order valence-corrected chi connectivity index (χ4v) is 2.90. The maximum absolute atomic E-state index is 9.06. The van der Waals surface area contributed by atoms with Crippen molar-refractivity contribution in [1.29, 1.82) is 10.5 Å². The summed E-state index contributed by atoms with van der Waals surface area (Å²) in [6.07, 6.45) is 3.55. The highest BCUT2D eigenvalue weighted by molar-refractivity contribution is 4.95. The maximum Gasteiger partial charge on any atom is 0.0669 e. The fourth-order valence-electron chi connectivity index (χ4n) is 2.90. The molecule has 2 heterocycles. The lowest BCUT2D eigenvalue weighted by Crippen LogP contribution is -2.31. The molecule has 0 saturated carbocycles. The van der Waals surface area contributed by atoms with E-state index in [4.69, 9.17) is 15.3 Å². The molecule has 4 nitrogen and oxygen atoms in total. The first-order chi connectivity index (χ1) is 8.28. The first-order valence-corrected chi connectivity index (χ1v) is 6.35. The molecule has 0 aromatic rings. The van der Waals surface area contributed by atoms with Crippen LogP contribution in [-0.2, 0) is 4.74 Å². The number of nitrogens with zero attached hydrogens (tertiary/aromatic N) is 3. The molecule has 0 N–H and O–H groups in total. The first kappa shape index (κ1) is 12.4. The molecule has 2 fully saturated rings. The van der Waals surface area contributed by atoms with Crippen molar-refractivity contribution < 1.29 is 4.74 Å². The third kappa shape index (κ3) is 2.97. The largest absolute Gasteiger partial charge is 0.381 e. The van der Waals surface area contributed by atoms with Crippen LogP contribution in [0.4, 0.5) is 0 Å². The van der Waals surface area contributed by atoms with Gasteiger partial charge in [-0.15, -0.1) is 0 Å². The summed E-state index contributed by atoms with van der Waals surface area (Å²) in [7, 11) is 0. The van der Waals surface area contributed by atoms with Gasteiger partial charge >= 0.3 is 0 Å². The average Bonchev–Trinajstić information content (AvgIpc) is 2.96. The topological polar surface area (TPSA) is 60.0 Å². The van der Waals surface area contributed by atoms with Gasteiger partial charge in [-0.05, 0) is 25.8 Å². The van der Waals surface area contributed by atoms with E-state index in [-0.39, 0.29) is 5.92 Å². The van der Waals surface area contributed by atoms with Gasteiger partial charge in [0.2, 0.25) is 0 Å². The third-order valence-electron chi connectivity index (χ3n) is 3.97. The van der Waals surface area contributed by atoms with Gasteiger partial charge in [-0.3, -0.25) is 0 Å². The third-order valence-corrected chi connectivity index (χ3v) is 3.97. The summed E-state index contributed by atoms with van der Waals surface area (Å²) >= 11 is 0. The number of nitriles is 2. The molecule has 0 aromatic heterocycles. The monoisotopic (exact) mass is 233 g/mol. The Balaban J connectivity index is 1.80. The Kier molecular flexibility index (Phi) is 3.99. The van der Waals surface area contributed by atoms with Crippen molar-refractivity contribution >= 4 is 0 Å². The second-order valence-electron chi connectivity index (χ2n) is 5.31. The minimum atomic E-state index is 0.00659. The van der Waals surface area contributed by atoms with Crippen LogP contribution in [0.3, 0.4) is 0 Å². The second kappa shape index (κ2) is 5.49. The summed E-state index contributed by atoms with van der Waals surface area (Å²) in [5.74, 6) is 0.00659. The van der Waals surface area contributed by atoms with Crippen molar-refractivity contribution in [1.82, 2.24) is 4.90 Å². The van der Waals surface area contributed by atoms with Crippen molar-refractivity contribution in [3.05, 3.63) is 0 Å². The number of likely N-dealkylation sites (tertiary alicyclic amines) is 1. The van der Waals surface area contributed by atoms with E-state index in [2.05, 4.69) is 17.0 Å². The zero-order valence-corrected chi connectivity index (χ0v) is 10.2. The highest BCUT2D eigenvalue weighted by atomic mass is 16.5. The molecule has 0 amide bonds. The molecular formula is C13H19N3O. The van der Waals surface area contributed by atoms with E-state index < -0.39 is 0 Å². The van der Waals surface area contributed by atoms with E-state index in [1.807, 2.05) is 0 Å². The Labute approximate surface area is 103 Å². The van der Waals surface area contributed by atoms with Gasteiger partial charge in [0, 0.05) is 31.5 Å². The van der Waals surface area contributed by atoms with Crippen molar-refractivity contribution in [2.75, 3.05) is 32.8 Å². The van der Waals surface area contributed by atoms with Crippen molar-refractivity contribution in [3.63, 3.8) is 0 Å². The van der Waals surface area contributed by atoms with Gasteiger partial charge in [-0.2, -0.15) is 10.5 Å². The Hall–Kier alpha value is -1.10. The van der Waals surface area contributed by atoms with Crippen LogP contribution in [0.1, 0.15) is 25.7 Å². The summed E-state index contributed by atoms with van der Waals surface area (Å²) in [5, 5.41) is 17.6. The molecule has 2 saturated heterocycles. The molecule has 0 aromatic carbocycles. The van der Waals surface area contributed by atoms with Crippen LogP contribution < -0.4 is 0 Å². The number of hydrogen-bond acceptors (Lipinski definition) is 4. The van der Waals surface area contributed by atoms with Crippen LogP contribution in [0.5, 0.6) is 0 Å². The summed E-state index contributed by atoms with van der Waals surface area (Å²) in [5.41, 5.74) is 0.370. The Morgan fingerprint density at radius 3 is 2.88 bits per heavy atom. The van der Waals surface area contributed by atoms with E-state index in [1.165, 1.54) is 12.8 Å². The second-order valence-corrected chi connectivity index (χ2v) is 5.31. The predicted octanol–water partition coefficient (Wildman–Crippen LogP) is 1.54. The van der Waals surface area contributed by atoms with Gasteiger partial charge in [-0.25, -0.2) is 0 Å². The van der Waals surface area contributed by atoms with Crippen LogP contribution >= 0.6 is 0 Å². The standard InChI is InChI=1S/C13H19N3O/c14-5-1-2-12(8-15)9-16-6-3-13(10-16)4-7-17-11-13/h12H,1-4,6-7,9-11H2. The van der Waals surface area contributed by atoms with E-state index in [0.717, 1.165) is 32.8 Å². The van der Waals surface area contributed by atoms with Gasteiger partial charge in [0.05, 0.1) is 24.7 Å². The minimum Gasteiger partial charge on any atom is -0.381 e. The van der Waals surface area contributed by atoms with Crippen molar-refractivity contribution in [2.45, 2.75) is 25.7 Å². The highest BCUT2D eigenvalue weighted by Gasteiger charge is 2.41. The number of ether oxygens (including phenoxy) is 1. The summed E-state index contributed by atoms with van der Waals surface area (Å²) < 4.78 is 5.49. The number of rotatable bonds is 4. The minimum absolute atomic E-state index is 0.00659. The molecule has 2 aliphatic rings. The lowest BCUT2D eigenvalue weighted by molar-refractivity contribution is 0.151. The van der Waals surface area contributed by atoms with Crippen molar-refractivity contribution in [3.8, 4) is 12.1 Å². The SMILES string of the molecule is N#CCCC(C#N)CN1CCC2(CCOC2)C1. The van der Waals surface area contributed by atoms with E-state index >= 15 is 0 Å². The Bertz CT molecular complexity index is 336. The van der Waals surface area contributed by atoms with Gasteiger partial charge in [0.25, 0.3) is 0 Å². The molecule has 4 heteroatoms.